The van der Waals surface area contributed by atoms with E-state index in [2.05, 4.69) is 10.3 Å². The molecule has 0 saturated heterocycles. The Hall–Kier alpha value is -1.45. The van der Waals surface area contributed by atoms with Crippen LogP contribution in [0.5, 0.6) is 5.75 Å². The molecule has 1 aromatic heterocycles. The first-order chi connectivity index (χ1) is 5.27. The number of rotatable bonds is 2. The van der Waals surface area contributed by atoms with Crippen LogP contribution >= 0.6 is 0 Å². The van der Waals surface area contributed by atoms with Crippen molar-refractivity contribution in [3.63, 3.8) is 0 Å². The summed E-state index contributed by atoms with van der Waals surface area (Å²) in [4.78, 5) is 13.3. The minimum Gasteiger partial charge on any atom is -0.493 e. The Morgan fingerprint density at radius 2 is 2.36 bits per heavy atom. The molecule has 1 rings (SSSR count). The average Bonchev–Trinajstić information content (AvgIpc) is 2.04. The molecular weight excluding hydrogens is 144 g/mol. The lowest BCUT2D eigenvalue weighted by atomic mass is 10.4. The number of methoxy groups -OCH3 is 1. The van der Waals surface area contributed by atoms with Crippen molar-refractivity contribution >= 4 is 5.69 Å². The highest BCUT2D eigenvalue weighted by Gasteiger charge is 1.99. The van der Waals surface area contributed by atoms with Crippen LogP contribution in [0, 0.1) is 0 Å². The van der Waals surface area contributed by atoms with E-state index >= 15 is 0 Å². The number of hydrogen-bond donors (Lipinski definition) is 2. The first-order valence-electron chi connectivity index (χ1n) is 3.22. The zero-order chi connectivity index (χ0) is 8.27. The van der Waals surface area contributed by atoms with Gasteiger partial charge in [-0.25, -0.2) is 0 Å². The zero-order valence-electron chi connectivity index (χ0n) is 6.47. The Kier molecular flexibility index (Phi) is 2.15. The molecule has 1 heterocycles. The Balaban J connectivity index is 3.16. The van der Waals surface area contributed by atoms with Gasteiger partial charge in [-0.3, -0.25) is 4.79 Å². The summed E-state index contributed by atoms with van der Waals surface area (Å²) in [7, 11) is 3.28. The van der Waals surface area contributed by atoms with Crippen LogP contribution in [-0.4, -0.2) is 19.1 Å². The van der Waals surface area contributed by atoms with Gasteiger partial charge in [-0.2, -0.15) is 0 Å². The summed E-state index contributed by atoms with van der Waals surface area (Å²) in [6, 6.07) is 1.44. The maximum absolute atomic E-state index is 10.8. The number of aromatic amines is 1. The van der Waals surface area contributed by atoms with Crippen molar-refractivity contribution in [3.05, 3.63) is 22.6 Å². The monoisotopic (exact) mass is 154 g/mol. The lowest BCUT2D eigenvalue weighted by molar-refractivity contribution is 0.414. The molecule has 2 N–H and O–H groups in total. The first-order valence-corrected chi connectivity index (χ1v) is 3.22. The van der Waals surface area contributed by atoms with Crippen LogP contribution in [0.3, 0.4) is 0 Å². The molecule has 0 unspecified atom stereocenters. The maximum atomic E-state index is 10.8. The number of nitrogens with one attached hydrogen (secondary N) is 2. The molecule has 0 aliphatic rings. The van der Waals surface area contributed by atoms with E-state index < -0.39 is 0 Å². The van der Waals surface area contributed by atoms with Crippen molar-refractivity contribution in [1.82, 2.24) is 4.98 Å². The van der Waals surface area contributed by atoms with Crippen molar-refractivity contribution in [2.45, 2.75) is 0 Å². The number of pyridine rings is 1. The van der Waals surface area contributed by atoms with Crippen LogP contribution in [0.25, 0.3) is 0 Å². The van der Waals surface area contributed by atoms with E-state index in [9.17, 15) is 4.79 Å². The van der Waals surface area contributed by atoms with Gasteiger partial charge in [0.05, 0.1) is 12.8 Å². The minimum absolute atomic E-state index is 0.143. The Labute approximate surface area is 64.2 Å². The fourth-order valence-corrected chi connectivity index (χ4v) is 0.823. The van der Waals surface area contributed by atoms with Gasteiger partial charge in [0.1, 0.15) is 0 Å². The van der Waals surface area contributed by atoms with E-state index in [4.69, 9.17) is 4.74 Å². The highest BCUT2D eigenvalue weighted by molar-refractivity contribution is 5.53. The maximum Gasteiger partial charge on any atom is 0.250 e. The molecule has 0 bridgehead atoms. The SMILES string of the molecule is CNc1cc(=O)[nH]cc1OC. The molecule has 0 spiro atoms. The summed E-state index contributed by atoms with van der Waals surface area (Å²) in [5, 5.41) is 2.84. The second-order valence-electron chi connectivity index (χ2n) is 2.03. The molecule has 1 aromatic rings. The topological polar surface area (TPSA) is 54.1 Å². The fraction of sp³-hybridized carbons (Fsp3) is 0.286. The number of aromatic nitrogens is 1. The van der Waals surface area contributed by atoms with Crippen LogP contribution in [0.15, 0.2) is 17.1 Å². The first kappa shape index (κ1) is 7.65. The van der Waals surface area contributed by atoms with E-state index in [-0.39, 0.29) is 5.56 Å². The summed E-state index contributed by atoms with van der Waals surface area (Å²) >= 11 is 0. The standard InChI is InChI=1S/C7H10N2O2/c1-8-5-3-7(10)9-4-6(5)11-2/h3-4H,1-2H3,(H2,8,9,10). The number of H-pyrrole nitrogens is 1. The third-order valence-electron chi connectivity index (χ3n) is 1.38. The normalized spacial score (nSPS) is 9.27. The van der Waals surface area contributed by atoms with E-state index in [1.165, 1.54) is 12.3 Å². The molecule has 0 fully saturated rings. The Morgan fingerprint density at radius 1 is 1.64 bits per heavy atom. The van der Waals surface area contributed by atoms with Crippen molar-refractivity contribution in [2.24, 2.45) is 0 Å². The summed E-state index contributed by atoms with van der Waals surface area (Å²) < 4.78 is 4.96. The predicted molar refractivity (Wildman–Crippen MR) is 43.2 cm³/mol. The van der Waals surface area contributed by atoms with Gasteiger partial charge in [0.25, 0.3) is 0 Å². The van der Waals surface area contributed by atoms with E-state index in [0.717, 1.165) is 0 Å². The van der Waals surface area contributed by atoms with Crippen molar-refractivity contribution in [1.29, 1.82) is 0 Å². The highest BCUT2D eigenvalue weighted by atomic mass is 16.5. The van der Waals surface area contributed by atoms with Gasteiger partial charge in [0, 0.05) is 19.3 Å². The minimum atomic E-state index is -0.143. The Morgan fingerprint density at radius 3 is 2.91 bits per heavy atom. The molecule has 4 heteroatoms. The van der Waals surface area contributed by atoms with Crippen LogP contribution in [0.2, 0.25) is 0 Å². The third kappa shape index (κ3) is 1.52. The summed E-state index contributed by atoms with van der Waals surface area (Å²) in [6.07, 6.45) is 1.52. The lowest BCUT2D eigenvalue weighted by Gasteiger charge is -2.04. The van der Waals surface area contributed by atoms with Crippen LogP contribution in [0.1, 0.15) is 0 Å². The number of hydrogen-bond acceptors (Lipinski definition) is 3. The molecule has 0 saturated carbocycles. The summed E-state index contributed by atoms with van der Waals surface area (Å²) in [5.74, 6) is 0.632. The van der Waals surface area contributed by atoms with E-state index in [1.54, 1.807) is 14.2 Å². The van der Waals surface area contributed by atoms with Crippen molar-refractivity contribution < 1.29 is 4.74 Å². The van der Waals surface area contributed by atoms with E-state index in [1.807, 2.05) is 0 Å². The fourth-order valence-electron chi connectivity index (χ4n) is 0.823. The predicted octanol–water partition coefficient (Wildman–Crippen LogP) is 0.425. The van der Waals surface area contributed by atoms with Crippen molar-refractivity contribution in [2.75, 3.05) is 19.5 Å². The molecule has 0 amide bonds. The zero-order valence-corrected chi connectivity index (χ0v) is 6.47. The summed E-state index contributed by atoms with van der Waals surface area (Å²) in [5.41, 5.74) is 0.548. The lowest BCUT2D eigenvalue weighted by Crippen LogP contribution is -2.06. The molecular formula is C7H10N2O2. The molecule has 60 valence electrons. The van der Waals surface area contributed by atoms with Gasteiger partial charge in [0.2, 0.25) is 5.56 Å². The largest absolute Gasteiger partial charge is 0.493 e. The van der Waals surface area contributed by atoms with Crippen LogP contribution in [0.4, 0.5) is 5.69 Å². The van der Waals surface area contributed by atoms with Gasteiger partial charge >= 0.3 is 0 Å². The summed E-state index contributed by atoms with van der Waals surface area (Å²) in [6.45, 7) is 0. The second-order valence-corrected chi connectivity index (χ2v) is 2.03. The molecule has 4 nitrogen and oxygen atoms in total. The smallest absolute Gasteiger partial charge is 0.250 e. The average molecular weight is 154 g/mol. The quantitative estimate of drug-likeness (QED) is 0.649. The number of anilines is 1. The highest BCUT2D eigenvalue weighted by Crippen LogP contribution is 2.18. The molecule has 0 aliphatic heterocycles. The van der Waals surface area contributed by atoms with Gasteiger partial charge in [-0.1, -0.05) is 0 Å². The van der Waals surface area contributed by atoms with E-state index in [0.29, 0.717) is 11.4 Å². The Bertz CT molecular complexity index is 293. The molecule has 0 atom stereocenters. The van der Waals surface area contributed by atoms with Gasteiger partial charge in [0.15, 0.2) is 5.75 Å². The van der Waals surface area contributed by atoms with Crippen LogP contribution < -0.4 is 15.6 Å². The molecule has 0 radical (unpaired) electrons. The van der Waals surface area contributed by atoms with Crippen molar-refractivity contribution in [3.8, 4) is 5.75 Å². The van der Waals surface area contributed by atoms with Crippen LogP contribution in [-0.2, 0) is 0 Å². The molecule has 0 aromatic carbocycles. The third-order valence-corrected chi connectivity index (χ3v) is 1.38. The molecule has 11 heavy (non-hydrogen) atoms. The molecule has 0 aliphatic carbocycles. The second kappa shape index (κ2) is 3.09. The van der Waals surface area contributed by atoms with Gasteiger partial charge < -0.3 is 15.0 Å². The van der Waals surface area contributed by atoms with Gasteiger partial charge in [-0.15, -0.1) is 0 Å². The number of ether oxygens (including phenoxy) is 1. The van der Waals surface area contributed by atoms with Gasteiger partial charge in [-0.05, 0) is 0 Å².